The first-order chi connectivity index (χ1) is 23.8. The number of carboxylic acid groups (broad SMARTS) is 1. The number of amides is 1. The number of aromatic carboxylic acids is 1. The number of carbonyl (C=O) groups is 2. The summed E-state index contributed by atoms with van der Waals surface area (Å²) in [5, 5.41) is 20.5. The highest BCUT2D eigenvalue weighted by molar-refractivity contribution is 6.35. The van der Waals surface area contributed by atoms with Crippen LogP contribution in [0, 0.1) is 34.6 Å². The number of nitrogens with zero attached hydrogens (tertiary/aromatic N) is 4. The SMILES string of the molecule is Cc1cc(OCCCc2c3n(c4c(-c5c(C)n[nH]c5C)c(Cl)ccc24)[C@H](C)CN(c2cn(C)c4c(C)cc(C(=O)O)cc24)C3=O)cc(C)c1Cl. The molecule has 0 unspecified atom stereocenters. The third-order valence-electron chi connectivity index (χ3n) is 9.97. The summed E-state index contributed by atoms with van der Waals surface area (Å²) in [7, 11) is 1.92. The van der Waals surface area contributed by atoms with Gasteiger partial charge in [-0.25, -0.2) is 4.79 Å². The van der Waals surface area contributed by atoms with Crippen LogP contribution in [0.15, 0.2) is 42.6 Å². The van der Waals surface area contributed by atoms with E-state index in [1.165, 1.54) is 0 Å². The van der Waals surface area contributed by atoms with E-state index in [2.05, 4.69) is 21.7 Å². The molecule has 50 heavy (non-hydrogen) atoms. The predicted molar refractivity (Wildman–Crippen MR) is 200 cm³/mol. The molecule has 0 saturated carbocycles. The maximum atomic E-state index is 15.0. The Balaban J connectivity index is 1.38. The number of carbonyl (C=O) groups excluding carboxylic acids is 1. The molecule has 2 N–H and O–H groups in total. The molecule has 0 aliphatic carbocycles. The second kappa shape index (κ2) is 12.5. The normalized spacial score (nSPS) is 14.6. The Hall–Kier alpha value is -4.73. The van der Waals surface area contributed by atoms with Crippen molar-refractivity contribution in [3.05, 3.63) is 97.5 Å². The molecule has 7 rings (SSSR count). The molecule has 11 heteroatoms. The zero-order valence-corrected chi connectivity index (χ0v) is 30.7. The second-order valence-corrected chi connectivity index (χ2v) is 14.3. The number of ether oxygens (including phenoxy) is 1. The van der Waals surface area contributed by atoms with E-state index in [0.29, 0.717) is 42.4 Å². The third-order valence-corrected chi connectivity index (χ3v) is 10.9. The van der Waals surface area contributed by atoms with Crippen molar-refractivity contribution in [3.8, 4) is 16.9 Å². The minimum absolute atomic E-state index is 0.140. The molecule has 3 aromatic carbocycles. The van der Waals surface area contributed by atoms with E-state index in [4.69, 9.17) is 27.9 Å². The second-order valence-electron chi connectivity index (χ2n) is 13.5. The number of halogens is 2. The van der Waals surface area contributed by atoms with Crippen LogP contribution in [0.2, 0.25) is 10.0 Å². The highest BCUT2D eigenvalue weighted by Gasteiger charge is 2.37. The number of aromatic nitrogens is 4. The molecule has 3 aromatic heterocycles. The van der Waals surface area contributed by atoms with Gasteiger partial charge in [-0.05, 0) is 107 Å². The van der Waals surface area contributed by atoms with Crippen LogP contribution in [-0.4, -0.2) is 49.5 Å². The molecule has 1 aliphatic rings. The van der Waals surface area contributed by atoms with Gasteiger partial charge in [-0.1, -0.05) is 29.3 Å². The van der Waals surface area contributed by atoms with Gasteiger partial charge in [-0.15, -0.1) is 0 Å². The van der Waals surface area contributed by atoms with Crippen LogP contribution in [0.5, 0.6) is 5.75 Å². The number of benzene rings is 3. The molecule has 0 fully saturated rings. The Bertz CT molecular complexity index is 2340. The third kappa shape index (κ3) is 5.34. The maximum Gasteiger partial charge on any atom is 0.335 e. The molecule has 1 atom stereocenters. The highest BCUT2D eigenvalue weighted by Crippen LogP contribution is 2.45. The minimum atomic E-state index is -1.01. The standard InChI is InChI=1S/C39H39Cl2N5O4/c1-19-14-26(15-20(2)34(19)41)50-12-8-9-27-28-10-11-30(40)33(32-23(5)42-43-24(32)6)36(28)46-22(4)17-45(38(47)37(27)46)31-18-44(7)35-21(3)13-25(39(48)49)16-29(31)35/h10-11,13-16,18,22H,8-9,12,17H2,1-7H3,(H,42,43)(H,48,49)/t22-/m1/s1. The summed E-state index contributed by atoms with van der Waals surface area (Å²) in [5.74, 6) is -0.394. The molecule has 0 bridgehead atoms. The van der Waals surface area contributed by atoms with Crippen molar-refractivity contribution in [1.29, 1.82) is 0 Å². The van der Waals surface area contributed by atoms with Gasteiger partial charge >= 0.3 is 5.97 Å². The van der Waals surface area contributed by atoms with Gasteiger partial charge in [0.1, 0.15) is 11.4 Å². The Morgan fingerprint density at radius 2 is 1.72 bits per heavy atom. The average molecular weight is 713 g/mol. The smallest absolute Gasteiger partial charge is 0.335 e. The van der Waals surface area contributed by atoms with Crippen molar-refractivity contribution in [1.82, 2.24) is 19.3 Å². The van der Waals surface area contributed by atoms with E-state index in [9.17, 15) is 14.7 Å². The fourth-order valence-electron chi connectivity index (χ4n) is 7.82. The predicted octanol–water partition coefficient (Wildman–Crippen LogP) is 9.30. The zero-order chi connectivity index (χ0) is 35.8. The number of rotatable bonds is 8. The molecular formula is C39H39Cl2N5O4. The monoisotopic (exact) mass is 711 g/mol. The Morgan fingerprint density at radius 1 is 1.00 bits per heavy atom. The lowest BCUT2D eigenvalue weighted by Gasteiger charge is -2.34. The lowest BCUT2D eigenvalue weighted by atomic mass is 9.98. The quantitative estimate of drug-likeness (QED) is 0.153. The van der Waals surface area contributed by atoms with Crippen molar-refractivity contribution in [2.75, 3.05) is 18.1 Å². The van der Waals surface area contributed by atoms with Gasteiger partial charge in [0.2, 0.25) is 0 Å². The van der Waals surface area contributed by atoms with Gasteiger partial charge in [0, 0.05) is 58.4 Å². The first kappa shape index (κ1) is 33.8. The van der Waals surface area contributed by atoms with E-state index in [-0.39, 0.29) is 17.5 Å². The van der Waals surface area contributed by atoms with E-state index < -0.39 is 5.97 Å². The van der Waals surface area contributed by atoms with Crippen molar-refractivity contribution in [3.63, 3.8) is 0 Å². The first-order valence-electron chi connectivity index (χ1n) is 16.7. The lowest BCUT2D eigenvalue weighted by molar-refractivity contribution is 0.0696. The molecule has 6 aromatic rings. The maximum absolute atomic E-state index is 15.0. The van der Waals surface area contributed by atoms with Gasteiger partial charge < -0.3 is 23.9 Å². The van der Waals surface area contributed by atoms with Crippen LogP contribution in [-0.2, 0) is 13.5 Å². The van der Waals surface area contributed by atoms with Crippen LogP contribution in [0.25, 0.3) is 32.9 Å². The molecule has 9 nitrogen and oxygen atoms in total. The molecule has 0 radical (unpaired) electrons. The van der Waals surface area contributed by atoms with Crippen LogP contribution in [0.3, 0.4) is 0 Å². The number of anilines is 1. The van der Waals surface area contributed by atoms with Crippen molar-refractivity contribution in [2.45, 2.75) is 60.4 Å². The summed E-state index contributed by atoms with van der Waals surface area (Å²) >= 11 is 13.4. The number of aryl methyl sites for hydroxylation is 7. The Kier molecular flexibility index (Phi) is 8.47. The van der Waals surface area contributed by atoms with E-state index in [1.807, 2.05) is 76.7 Å². The molecule has 4 heterocycles. The van der Waals surface area contributed by atoms with Crippen LogP contribution in [0.4, 0.5) is 5.69 Å². The van der Waals surface area contributed by atoms with Gasteiger partial charge in [-0.3, -0.25) is 9.89 Å². The first-order valence-corrected chi connectivity index (χ1v) is 17.5. The van der Waals surface area contributed by atoms with Crippen molar-refractivity contribution >= 4 is 62.6 Å². The van der Waals surface area contributed by atoms with E-state index in [1.54, 1.807) is 17.0 Å². The van der Waals surface area contributed by atoms with Crippen LogP contribution < -0.4 is 9.64 Å². The fraction of sp³-hybridized carbons (Fsp3) is 0.308. The summed E-state index contributed by atoms with van der Waals surface area (Å²) in [4.78, 5) is 28.8. The molecule has 0 spiro atoms. The van der Waals surface area contributed by atoms with Gasteiger partial charge in [0.25, 0.3) is 5.91 Å². The van der Waals surface area contributed by atoms with Crippen LogP contribution in [0.1, 0.15) is 73.9 Å². The summed E-state index contributed by atoms with van der Waals surface area (Å²) in [6, 6.07) is 11.0. The Labute approximate surface area is 300 Å². The van der Waals surface area contributed by atoms with Gasteiger partial charge in [0.15, 0.2) is 0 Å². The number of aromatic amines is 1. The van der Waals surface area contributed by atoms with Crippen LogP contribution >= 0.6 is 23.2 Å². The number of fused-ring (bicyclic) bond motifs is 4. The average Bonchev–Trinajstić information content (AvgIpc) is 3.70. The topological polar surface area (TPSA) is 105 Å². The lowest BCUT2D eigenvalue weighted by Crippen LogP contribution is -2.42. The summed E-state index contributed by atoms with van der Waals surface area (Å²) in [6.07, 6.45) is 3.17. The molecule has 258 valence electrons. The molecular weight excluding hydrogens is 673 g/mol. The summed E-state index contributed by atoms with van der Waals surface area (Å²) in [6.45, 7) is 12.7. The van der Waals surface area contributed by atoms with Crippen molar-refractivity contribution < 1.29 is 19.4 Å². The van der Waals surface area contributed by atoms with Gasteiger partial charge in [-0.2, -0.15) is 5.10 Å². The number of hydrogen-bond donors (Lipinski definition) is 2. The number of nitrogens with one attached hydrogen (secondary N) is 1. The molecule has 0 saturated heterocycles. The largest absolute Gasteiger partial charge is 0.494 e. The minimum Gasteiger partial charge on any atom is -0.494 e. The highest BCUT2D eigenvalue weighted by atomic mass is 35.5. The van der Waals surface area contributed by atoms with Crippen molar-refractivity contribution in [2.24, 2.45) is 7.05 Å². The number of hydrogen-bond acceptors (Lipinski definition) is 4. The molecule has 1 amide bonds. The van der Waals surface area contributed by atoms with E-state index in [0.717, 1.165) is 77.3 Å². The molecule has 1 aliphatic heterocycles. The van der Waals surface area contributed by atoms with Gasteiger partial charge in [0.05, 0.1) is 39.6 Å². The number of H-pyrrole nitrogens is 1. The van der Waals surface area contributed by atoms with E-state index >= 15 is 0 Å². The Morgan fingerprint density at radius 3 is 2.38 bits per heavy atom. The number of carboxylic acids is 1. The summed E-state index contributed by atoms with van der Waals surface area (Å²) < 4.78 is 10.3. The fourth-order valence-corrected chi connectivity index (χ4v) is 8.18. The zero-order valence-electron chi connectivity index (χ0n) is 29.2. The summed E-state index contributed by atoms with van der Waals surface area (Å²) in [5.41, 5.74) is 10.4.